The summed E-state index contributed by atoms with van der Waals surface area (Å²) in [5.74, 6) is 0.239. The molecule has 1 aromatic carbocycles. The molecule has 1 heterocycles. The smallest absolute Gasteiger partial charge is 0.308 e. The van der Waals surface area contributed by atoms with Crippen LogP contribution in [0, 0.1) is 6.92 Å². The van der Waals surface area contributed by atoms with Crippen molar-refractivity contribution in [3.8, 4) is 5.75 Å². The van der Waals surface area contributed by atoms with Crippen LogP contribution in [0.4, 0.5) is 0 Å². The van der Waals surface area contributed by atoms with E-state index in [1.54, 1.807) is 6.20 Å². The highest BCUT2D eigenvalue weighted by Gasteiger charge is 2.09. The molecular formula is C10H10N2O2. The highest BCUT2D eigenvalue weighted by molar-refractivity contribution is 5.87. The molecule has 0 aliphatic carbocycles. The fourth-order valence-electron chi connectivity index (χ4n) is 1.37. The molecule has 0 aliphatic rings. The van der Waals surface area contributed by atoms with Crippen LogP contribution in [-0.2, 0) is 4.79 Å². The molecule has 0 radical (unpaired) electrons. The third kappa shape index (κ3) is 1.35. The molecule has 0 unspecified atom stereocenters. The van der Waals surface area contributed by atoms with Gasteiger partial charge in [-0.15, -0.1) is 0 Å². The Morgan fingerprint density at radius 2 is 2.29 bits per heavy atom. The Labute approximate surface area is 80.9 Å². The number of hydrogen-bond donors (Lipinski definition) is 1. The van der Waals surface area contributed by atoms with Crippen molar-refractivity contribution in [3.05, 3.63) is 23.9 Å². The second-order valence-corrected chi connectivity index (χ2v) is 3.14. The maximum Gasteiger partial charge on any atom is 0.308 e. The number of aromatic amines is 1. The molecule has 1 aromatic heterocycles. The van der Waals surface area contributed by atoms with Crippen LogP contribution in [0.25, 0.3) is 10.9 Å². The van der Waals surface area contributed by atoms with E-state index >= 15 is 0 Å². The summed E-state index contributed by atoms with van der Waals surface area (Å²) in [6.07, 6.45) is 1.70. The van der Waals surface area contributed by atoms with Crippen molar-refractivity contribution in [2.75, 3.05) is 0 Å². The quantitative estimate of drug-likeness (QED) is 0.551. The number of hydrogen-bond acceptors (Lipinski definition) is 3. The lowest BCUT2D eigenvalue weighted by molar-refractivity contribution is -0.131. The number of esters is 1. The van der Waals surface area contributed by atoms with Crippen LogP contribution in [0.3, 0.4) is 0 Å². The number of H-pyrrole nitrogens is 1. The molecule has 0 amide bonds. The highest BCUT2D eigenvalue weighted by atomic mass is 16.5. The van der Waals surface area contributed by atoms with Gasteiger partial charge in [0.2, 0.25) is 0 Å². The summed E-state index contributed by atoms with van der Waals surface area (Å²) >= 11 is 0. The number of carbonyl (C=O) groups is 1. The van der Waals surface area contributed by atoms with E-state index in [4.69, 9.17) is 4.74 Å². The van der Waals surface area contributed by atoms with E-state index in [-0.39, 0.29) is 5.97 Å². The van der Waals surface area contributed by atoms with Gasteiger partial charge in [0.15, 0.2) is 5.75 Å². The van der Waals surface area contributed by atoms with Crippen LogP contribution < -0.4 is 4.74 Å². The van der Waals surface area contributed by atoms with E-state index in [1.165, 1.54) is 6.92 Å². The molecule has 0 fully saturated rings. The molecule has 4 heteroatoms. The van der Waals surface area contributed by atoms with E-state index in [2.05, 4.69) is 10.2 Å². The second-order valence-electron chi connectivity index (χ2n) is 3.14. The molecular weight excluding hydrogens is 180 g/mol. The van der Waals surface area contributed by atoms with Crippen molar-refractivity contribution in [1.82, 2.24) is 10.2 Å². The van der Waals surface area contributed by atoms with E-state index in [0.717, 1.165) is 16.5 Å². The molecule has 0 saturated carbocycles. The lowest BCUT2D eigenvalue weighted by atomic mass is 10.1. The first-order valence-electron chi connectivity index (χ1n) is 4.29. The lowest BCUT2D eigenvalue weighted by Gasteiger charge is -2.05. The SMILES string of the molecule is CC(=O)Oc1c(C)ccc2cn[nH]c12. The average molecular weight is 190 g/mol. The largest absolute Gasteiger partial charge is 0.424 e. The average Bonchev–Trinajstić information content (AvgIpc) is 2.57. The van der Waals surface area contributed by atoms with Gasteiger partial charge in [-0.1, -0.05) is 12.1 Å². The first kappa shape index (κ1) is 8.74. The number of aromatic nitrogens is 2. The van der Waals surface area contributed by atoms with Gasteiger partial charge in [-0.3, -0.25) is 9.89 Å². The van der Waals surface area contributed by atoms with Crippen molar-refractivity contribution in [2.45, 2.75) is 13.8 Å². The molecule has 14 heavy (non-hydrogen) atoms. The minimum atomic E-state index is -0.324. The number of carbonyl (C=O) groups excluding carboxylic acids is 1. The third-order valence-corrected chi connectivity index (χ3v) is 2.01. The number of fused-ring (bicyclic) bond motifs is 1. The Morgan fingerprint density at radius 3 is 3.00 bits per heavy atom. The summed E-state index contributed by atoms with van der Waals surface area (Å²) in [6, 6.07) is 3.83. The van der Waals surface area contributed by atoms with Crippen molar-refractivity contribution >= 4 is 16.9 Å². The predicted molar refractivity (Wildman–Crippen MR) is 52.1 cm³/mol. The van der Waals surface area contributed by atoms with Gasteiger partial charge in [0, 0.05) is 12.3 Å². The molecule has 2 rings (SSSR count). The molecule has 1 N–H and O–H groups in total. The molecule has 0 atom stereocenters. The van der Waals surface area contributed by atoms with Gasteiger partial charge in [0.1, 0.15) is 5.52 Å². The summed E-state index contributed by atoms with van der Waals surface area (Å²) in [6.45, 7) is 3.27. The van der Waals surface area contributed by atoms with E-state index in [1.807, 2.05) is 19.1 Å². The Balaban J connectivity index is 2.64. The zero-order valence-electron chi connectivity index (χ0n) is 8.00. The first-order chi connectivity index (χ1) is 6.68. The van der Waals surface area contributed by atoms with Crippen LogP contribution in [0.2, 0.25) is 0 Å². The van der Waals surface area contributed by atoms with Crippen molar-refractivity contribution in [2.24, 2.45) is 0 Å². The fourth-order valence-corrected chi connectivity index (χ4v) is 1.37. The summed E-state index contributed by atoms with van der Waals surface area (Å²) < 4.78 is 5.11. The zero-order valence-corrected chi connectivity index (χ0v) is 8.00. The summed E-state index contributed by atoms with van der Waals surface area (Å²) in [5, 5.41) is 7.64. The van der Waals surface area contributed by atoms with Crippen LogP contribution >= 0.6 is 0 Å². The molecule has 2 aromatic rings. The molecule has 0 spiro atoms. The second kappa shape index (κ2) is 3.14. The predicted octanol–water partition coefficient (Wildman–Crippen LogP) is 1.80. The number of nitrogens with zero attached hydrogens (tertiary/aromatic N) is 1. The van der Waals surface area contributed by atoms with Gasteiger partial charge < -0.3 is 4.74 Å². The Morgan fingerprint density at radius 1 is 1.50 bits per heavy atom. The van der Waals surface area contributed by atoms with E-state index in [0.29, 0.717) is 5.75 Å². The fraction of sp³-hybridized carbons (Fsp3) is 0.200. The Kier molecular flexibility index (Phi) is 1.96. The standard InChI is InChI=1S/C10H10N2O2/c1-6-3-4-8-5-11-12-9(8)10(6)14-7(2)13/h3-5H,1-2H3,(H,11,12). The minimum Gasteiger partial charge on any atom is -0.424 e. The summed E-state index contributed by atoms with van der Waals surface area (Å²) in [4.78, 5) is 10.9. The molecule has 72 valence electrons. The molecule has 0 saturated heterocycles. The van der Waals surface area contributed by atoms with E-state index in [9.17, 15) is 4.79 Å². The Hall–Kier alpha value is -1.84. The van der Waals surface area contributed by atoms with Crippen molar-refractivity contribution in [3.63, 3.8) is 0 Å². The lowest BCUT2D eigenvalue weighted by Crippen LogP contribution is -2.03. The highest BCUT2D eigenvalue weighted by Crippen LogP contribution is 2.27. The number of rotatable bonds is 1. The zero-order chi connectivity index (χ0) is 10.1. The van der Waals surface area contributed by atoms with Crippen LogP contribution in [-0.4, -0.2) is 16.2 Å². The maximum absolute atomic E-state index is 10.9. The van der Waals surface area contributed by atoms with Gasteiger partial charge in [-0.2, -0.15) is 5.10 Å². The van der Waals surface area contributed by atoms with Crippen LogP contribution in [0.15, 0.2) is 18.3 Å². The minimum absolute atomic E-state index is 0.324. The topological polar surface area (TPSA) is 55.0 Å². The monoisotopic (exact) mass is 190 g/mol. The van der Waals surface area contributed by atoms with Crippen molar-refractivity contribution < 1.29 is 9.53 Å². The van der Waals surface area contributed by atoms with Gasteiger partial charge >= 0.3 is 5.97 Å². The van der Waals surface area contributed by atoms with Gasteiger partial charge in [-0.25, -0.2) is 0 Å². The van der Waals surface area contributed by atoms with Crippen LogP contribution in [0.5, 0.6) is 5.75 Å². The normalized spacial score (nSPS) is 10.4. The summed E-state index contributed by atoms with van der Waals surface area (Å²) in [7, 11) is 0. The third-order valence-electron chi connectivity index (χ3n) is 2.01. The first-order valence-corrected chi connectivity index (χ1v) is 4.29. The number of nitrogens with one attached hydrogen (secondary N) is 1. The maximum atomic E-state index is 10.9. The Bertz CT molecular complexity index is 488. The van der Waals surface area contributed by atoms with Gasteiger partial charge in [0.05, 0.1) is 6.20 Å². The van der Waals surface area contributed by atoms with Crippen molar-refractivity contribution in [1.29, 1.82) is 0 Å². The van der Waals surface area contributed by atoms with Gasteiger partial charge in [-0.05, 0) is 12.5 Å². The molecule has 4 nitrogen and oxygen atoms in total. The number of benzene rings is 1. The molecule has 0 aliphatic heterocycles. The van der Waals surface area contributed by atoms with Gasteiger partial charge in [0.25, 0.3) is 0 Å². The number of aryl methyl sites for hydroxylation is 1. The summed E-state index contributed by atoms with van der Waals surface area (Å²) in [5.41, 5.74) is 1.68. The van der Waals surface area contributed by atoms with E-state index < -0.39 is 0 Å². The number of ether oxygens (including phenoxy) is 1. The van der Waals surface area contributed by atoms with Crippen LogP contribution in [0.1, 0.15) is 12.5 Å². The molecule has 0 bridgehead atoms.